The fraction of sp³-hybridized carbons (Fsp3) is 0.360. The zero-order chi connectivity index (χ0) is 24.6. The number of hydrogen-bond acceptors (Lipinski definition) is 6. The maximum Gasteiger partial charge on any atom is 0.272 e. The number of ether oxygens (including phenoxy) is 1. The van der Waals surface area contributed by atoms with Gasteiger partial charge in [-0.25, -0.2) is 9.49 Å². The minimum Gasteiger partial charge on any atom is -0.437 e. The van der Waals surface area contributed by atoms with Gasteiger partial charge in [-0.15, -0.1) is 5.10 Å². The largest absolute Gasteiger partial charge is 0.437 e. The minimum absolute atomic E-state index is 0.0457. The molecule has 2 aliphatic rings. The van der Waals surface area contributed by atoms with Crippen LogP contribution in [-0.4, -0.2) is 70.1 Å². The second-order valence-corrected chi connectivity index (χ2v) is 9.09. The highest BCUT2D eigenvalue weighted by Crippen LogP contribution is 2.28. The lowest BCUT2D eigenvalue weighted by Crippen LogP contribution is -2.58. The van der Waals surface area contributed by atoms with Crippen molar-refractivity contribution in [2.24, 2.45) is 0 Å². The number of carbonyl (C=O) groups excluding carboxylic acids is 2. The average Bonchev–Trinajstić information content (AvgIpc) is 3.34. The lowest BCUT2D eigenvalue weighted by atomic mass is 9.98. The van der Waals surface area contributed by atoms with Gasteiger partial charge in [-0.3, -0.25) is 14.4 Å². The number of nitrogens with zero attached hydrogens (tertiary/aromatic N) is 3. The molecule has 0 aliphatic carbocycles. The van der Waals surface area contributed by atoms with Crippen LogP contribution in [0, 0.1) is 5.82 Å². The lowest BCUT2D eigenvalue weighted by molar-refractivity contribution is -0.138. The molecule has 0 radical (unpaired) electrons. The Morgan fingerprint density at radius 1 is 1.06 bits per heavy atom. The molecule has 2 fully saturated rings. The first kappa shape index (κ1) is 23.0. The van der Waals surface area contributed by atoms with Gasteiger partial charge in [-0.1, -0.05) is 12.1 Å². The van der Waals surface area contributed by atoms with E-state index in [0.717, 1.165) is 19.4 Å². The van der Waals surface area contributed by atoms with Crippen LogP contribution in [-0.2, 0) is 4.79 Å². The highest BCUT2D eigenvalue weighted by molar-refractivity contribution is 5.95. The molecule has 1 aromatic heterocycles. The summed E-state index contributed by atoms with van der Waals surface area (Å²) in [5, 5.41) is 10.5. The Morgan fingerprint density at radius 3 is 2.49 bits per heavy atom. The molecule has 10 heteroatoms. The van der Waals surface area contributed by atoms with Crippen LogP contribution in [0.5, 0.6) is 11.6 Å². The zero-order valence-corrected chi connectivity index (χ0v) is 19.3. The molecule has 0 saturated carbocycles. The van der Waals surface area contributed by atoms with Crippen molar-refractivity contribution in [3.63, 3.8) is 0 Å². The second-order valence-electron chi connectivity index (χ2n) is 9.09. The molecule has 3 aromatic rings. The van der Waals surface area contributed by atoms with Gasteiger partial charge in [0.25, 0.3) is 11.5 Å². The molecule has 3 heterocycles. The van der Waals surface area contributed by atoms with Crippen LogP contribution in [0.25, 0.3) is 10.8 Å². The van der Waals surface area contributed by atoms with E-state index in [1.165, 1.54) is 18.2 Å². The van der Waals surface area contributed by atoms with Crippen molar-refractivity contribution in [2.75, 3.05) is 32.7 Å². The van der Waals surface area contributed by atoms with Crippen molar-refractivity contribution in [3.05, 3.63) is 64.2 Å². The van der Waals surface area contributed by atoms with Crippen molar-refractivity contribution in [3.8, 4) is 11.6 Å². The topological polar surface area (TPSA) is 108 Å². The summed E-state index contributed by atoms with van der Waals surface area (Å²) in [6.07, 6.45) is 1.76. The Hall–Kier alpha value is -3.79. The number of halogens is 1. The number of amides is 2. The molecule has 2 aromatic carbocycles. The summed E-state index contributed by atoms with van der Waals surface area (Å²) in [7, 11) is 0. The summed E-state index contributed by atoms with van der Waals surface area (Å²) >= 11 is 0. The summed E-state index contributed by atoms with van der Waals surface area (Å²) in [4.78, 5) is 41.4. The number of carbonyl (C=O) groups is 2. The first-order valence-corrected chi connectivity index (χ1v) is 11.6. The van der Waals surface area contributed by atoms with E-state index in [0.29, 0.717) is 37.0 Å². The molecule has 2 amide bonds. The number of aromatic amines is 1. The van der Waals surface area contributed by atoms with Crippen molar-refractivity contribution in [1.82, 2.24) is 25.3 Å². The van der Waals surface area contributed by atoms with Crippen molar-refractivity contribution in [2.45, 2.75) is 25.3 Å². The Labute approximate surface area is 200 Å². The zero-order valence-electron chi connectivity index (χ0n) is 19.3. The standard InChI is InChI=1S/C25H26FN5O4/c1-25(9-4-10-27-25)24(34)31-13-11-30(12-14-31)23(33)19-15-16(7-8-20(19)26)35-22-18-6-3-2-5-17(18)21(32)28-29-22/h2-3,5-8,15,27H,4,9-14H2,1H3,(H,28,32). The summed E-state index contributed by atoms with van der Waals surface area (Å²) < 4.78 is 20.5. The first-order chi connectivity index (χ1) is 16.9. The number of rotatable bonds is 4. The van der Waals surface area contributed by atoms with Crippen LogP contribution < -0.4 is 15.6 Å². The van der Waals surface area contributed by atoms with Crippen molar-refractivity contribution < 1.29 is 18.7 Å². The van der Waals surface area contributed by atoms with Crippen LogP contribution in [0.3, 0.4) is 0 Å². The molecule has 182 valence electrons. The molecule has 5 rings (SSSR count). The normalized spacial score (nSPS) is 20.3. The minimum atomic E-state index is -0.664. The van der Waals surface area contributed by atoms with Crippen LogP contribution in [0.2, 0.25) is 0 Å². The summed E-state index contributed by atoms with van der Waals surface area (Å²) in [6.45, 7) is 4.17. The quantitative estimate of drug-likeness (QED) is 0.595. The fourth-order valence-electron chi connectivity index (χ4n) is 4.72. The van der Waals surface area contributed by atoms with Gasteiger partial charge in [0.1, 0.15) is 11.6 Å². The Morgan fingerprint density at radius 2 is 1.77 bits per heavy atom. The summed E-state index contributed by atoms with van der Waals surface area (Å²) in [5.41, 5.74) is -1.03. The van der Waals surface area contributed by atoms with E-state index in [2.05, 4.69) is 15.5 Å². The average molecular weight is 480 g/mol. The highest BCUT2D eigenvalue weighted by Gasteiger charge is 2.40. The molecule has 2 saturated heterocycles. The number of fused-ring (bicyclic) bond motifs is 1. The Balaban J connectivity index is 1.31. The number of hydrogen-bond donors (Lipinski definition) is 2. The van der Waals surface area contributed by atoms with E-state index >= 15 is 0 Å². The predicted octanol–water partition coefficient (Wildman–Crippen LogP) is 2.28. The number of nitrogens with one attached hydrogen (secondary N) is 2. The summed E-state index contributed by atoms with van der Waals surface area (Å²) in [6, 6.07) is 10.7. The molecule has 2 N–H and O–H groups in total. The third kappa shape index (κ3) is 4.37. The lowest BCUT2D eigenvalue weighted by Gasteiger charge is -2.38. The molecule has 1 unspecified atom stereocenters. The van der Waals surface area contributed by atoms with Gasteiger partial charge in [0, 0.05) is 26.2 Å². The van der Waals surface area contributed by atoms with Crippen LogP contribution >= 0.6 is 0 Å². The van der Waals surface area contributed by atoms with Gasteiger partial charge in [-0.2, -0.15) is 0 Å². The number of aromatic nitrogens is 2. The highest BCUT2D eigenvalue weighted by atomic mass is 19.1. The van der Waals surface area contributed by atoms with E-state index in [4.69, 9.17) is 4.74 Å². The van der Waals surface area contributed by atoms with Crippen LogP contribution in [0.15, 0.2) is 47.3 Å². The van der Waals surface area contributed by atoms with E-state index in [-0.39, 0.29) is 28.7 Å². The van der Waals surface area contributed by atoms with Gasteiger partial charge in [0.2, 0.25) is 11.8 Å². The Kier molecular flexibility index (Phi) is 5.98. The number of H-pyrrole nitrogens is 1. The van der Waals surface area contributed by atoms with E-state index in [9.17, 15) is 18.8 Å². The van der Waals surface area contributed by atoms with Gasteiger partial charge >= 0.3 is 0 Å². The molecule has 0 spiro atoms. The smallest absolute Gasteiger partial charge is 0.272 e. The molecule has 2 aliphatic heterocycles. The number of piperazine rings is 1. The SMILES string of the molecule is CC1(C(=O)N2CCN(C(=O)c3cc(Oc4n[nH]c(=O)c5ccccc45)ccc3F)CC2)CCCN1. The third-order valence-corrected chi connectivity index (χ3v) is 6.74. The summed E-state index contributed by atoms with van der Waals surface area (Å²) in [5.74, 6) is -0.725. The van der Waals surface area contributed by atoms with E-state index in [1.54, 1.807) is 34.1 Å². The van der Waals surface area contributed by atoms with Crippen LogP contribution in [0.4, 0.5) is 4.39 Å². The second kappa shape index (κ2) is 9.10. The van der Waals surface area contributed by atoms with Crippen molar-refractivity contribution in [1.29, 1.82) is 0 Å². The number of benzene rings is 2. The molecule has 0 bridgehead atoms. The predicted molar refractivity (Wildman–Crippen MR) is 127 cm³/mol. The van der Waals surface area contributed by atoms with E-state index < -0.39 is 17.3 Å². The molecule has 1 atom stereocenters. The Bertz CT molecular complexity index is 1340. The maximum atomic E-state index is 14.6. The van der Waals surface area contributed by atoms with Gasteiger partial charge in [0.15, 0.2) is 0 Å². The molecular weight excluding hydrogens is 453 g/mol. The van der Waals surface area contributed by atoms with Crippen LogP contribution in [0.1, 0.15) is 30.1 Å². The monoisotopic (exact) mass is 479 g/mol. The molecule has 35 heavy (non-hydrogen) atoms. The van der Waals surface area contributed by atoms with Gasteiger partial charge < -0.3 is 19.9 Å². The fourth-order valence-corrected chi connectivity index (χ4v) is 4.72. The van der Waals surface area contributed by atoms with Gasteiger partial charge in [-0.05, 0) is 56.6 Å². The molecular formula is C25H26FN5O4. The third-order valence-electron chi connectivity index (χ3n) is 6.74. The molecule has 9 nitrogen and oxygen atoms in total. The van der Waals surface area contributed by atoms with E-state index in [1.807, 2.05) is 6.92 Å². The maximum absolute atomic E-state index is 14.6. The van der Waals surface area contributed by atoms with Gasteiger partial charge in [0.05, 0.1) is 21.9 Å². The first-order valence-electron chi connectivity index (χ1n) is 11.6. The van der Waals surface area contributed by atoms with Crippen molar-refractivity contribution >= 4 is 22.6 Å².